The van der Waals surface area contributed by atoms with Crippen molar-refractivity contribution in [2.75, 3.05) is 0 Å². The highest BCUT2D eigenvalue weighted by atomic mass is 32.2. The van der Waals surface area contributed by atoms with Crippen molar-refractivity contribution >= 4 is 10.0 Å². The van der Waals surface area contributed by atoms with Gasteiger partial charge in [-0.1, -0.05) is 0 Å². The minimum absolute atomic E-state index is 0.0916. The van der Waals surface area contributed by atoms with Crippen LogP contribution in [0.4, 0.5) is 0 Å². The third kappa shape index (κ3) is 3.02. The maximum Gasteiger partial charge on any atom is 0.240 e. The summed E-state index contributed by atoms with van der Waals surface area (Å²) in [6.07, 6.45) is 1.48. The van der Waals surface area contributed by atoms with Crippen molar-refractivity contribution in [2.24, 2.45) is 0 Å². The Kier molecular flexibility index (Phi) is 3.69. The highest BCUT2D eigenvalue weighted by molar-refractivity contribution is 7.89. The molecule has 0 aliphatic rings. The summed E-state index contributed by atoms with van der Waals surface area (Å²) in [6.45, 7) is 1.79. The van der Waals surface area contributed by atoms with Crippen molar-refractivity contribution in [2.45, 2.75) is 18.4 Å². The molecule has 6 heteroatoms. The summed E-state index contributed by atoms with van der Waals surface area (Å²) in [5.41, 5.74) is 1.09. The molecule has 0 unspecified atom stereocenters. The van der Waals surface area contributed by atoms with E-state index < -0.39 is 10.0 Å². The normalized spacial score (nSPS) is 11.2. The van der Waals surface area contributed by atoms with Gasteiger partial charge in [0.25, 0.3) is 0 Å². The molecule has 98 valence electrons. The highest BCUT2D eigenvalue weighted by Gasteiger charge is 2.15. The van der Waals surface area contributed by atoms with E-state index in [-0.39, 0.29) is 11.4 Å². The molecule has 0 amide bonds. The Morgan fingerprint density at radius 2 is 2.16 bits per heavy atom. The number of rotatable bonds is 4. The van der Waals surface area contributed by atoms with Gasteiger partial charge in [0, 0.05) is 0 Å². The molecule has 19 heavy (non-hydrogen) atoms. The molecule has 1 heterocycles. The van der Waals surface area contributed by atoms with Gasteiger partial charge in [-0.25, -0.2) is 13.1 Å². The average molecular weight is 276 g/mol. The molecule has 0 saturated carbocycles. The van der Waals surface area contributed by atoms with Crippen LogP contribution in [0.3, 0.4) is 0 Å². The number of furan rings is 1. The molecule has 2 aromatic rings. The third-order valence-corrected chi connectivity index (χ3v) is 4.04. The van der Waals surface area contributed by atoms with E-state index in [0.717, 1.165) is 0 Å². The summed E-state index contributed by atoms with van der Waals surface area (Å²) < 4.78 is 31.6. The molecule has 0 radical (unpaired) electrons. The van der Waals surface area contributed by atoms with Crippen LogP contribution in [0.15, 0.2) is 45.9 Å². The van der Waals surface area contributed by atoms with Crippen LogP contribution in [0.25, 0.3) is 0 Å². The van der Waals surface area contributed by atoms with Gasteiger partial charge in [0.2, 0.25) is 10.0 Å². The van der Waals surface area contributed by atoms with E-state index in [1.54, 1.807) is 19.1 Å². The number of aryl methyl sites for hydroxylation is 1. The van der Waals surface area contributed by atoms with E-state index in [1.165, 1.54) is 24.5 Å². The fraction of sp³-hybridized carbons (Fsp3) is 0.154. The van der Waals surface area contributed by atoms with Crippen LogP contribution in [-0.4, -0.2) is 8.42 Å². The van der Waals surface area contributed by atoms with Crippen molar-refractivity contribution in [3.05, 3.63) is 53.5 Å². The molecule has 1 N–H and O–H groups in total. The number of benzene rings is 1. The summed E-state index contributed by atoms with van der Waals surface area (Å²) in [4.78, 5) is 0.135. The average Bonchev–Trinajstić information content (AvgIpc) is 2.89. The Labute approximate surface area is 111 Å². The fourth-order valence-corrected chi connectivity index (χ4v) is 2.67. The number of hydrogen-bond donors (Lipinski definition) is 1. The molecular formula is C13H12N2O3S. The topological polar surface area (TPSA) is 83.1 Å². The Bertz CT molecular complexity index is 713. The lowest BCUT2D eigenvalue weighted by molar-refractivity contribution is 0.498. The van der Waals surface area contributed by atoms with Crippen LogP contribution in [0.1, 0.15) is 16.9 Å². The lowest BCUT2D eigenvalue weighted by atomic mass is 10.1. The largest absolute Gasteiger partial charge is 0.468 e. The minimum Gasteiger partial charge on any atom is -0.468 e. The first kappa shape index (κ1) is 13.3. The van der Waals surface area contributed by atoms with Gasteiger partial charge in [0.15, 0.2) is 0 Å². The molecule has 0 spiro atoms. The molecule has 0 saturated heterocycles. The Morgan fingerprint density at radius 3 is 2.74 bits per heavy atom. The zero-order valence-corrected chi connectivity index (χ0v) is 11.1. The summed E-state index contributed by atoms with van der Waals surface area (Å²) in [6, 6.07) is 9.76. The van der Waals surface area contributed by atoms with E-state index in [2.05, 4.69) is 4.72 Å². The first-order valence-electron chi connectivity index (χ1n) is 5.56. The van der Waals surface area contributed by atoms with Crippen LogP contribution in [0, 0.1) is 18.3 Å². The van der Waals surface area contributed by atoms with Crippen molar-refractivity contribution in [1.29, 1.82) is 5.26 Å². The van der Waals surface area contributed by atoms with Crippen molar-refractivity contribution in [3.63, 3.8) is 0 Å². The molecule has 5 nitrogen and oxygen atoms in total. The van der Waals surface area contributed by atoms with Crippen molar-refractivity contribution < 1.29 is 12.8 Å². The molecule has 0 bridgehead atoms. The van der Waals surface area contributed by atoms with Crippen LogP contribution >= 0.6 is 0 Å². The summed E-state index contributed by atoms with van der Waals surface area (Å²) in [5, 5.41) is 8.81. The Hall–Kier alpha value is -2.10. The van der Waals surface area contributed by atoms with Gasteiger partial charge < -0.3 is 4.42 Å². The molecule has 2 rings (SSSR count). The second-order valence-corrected chi connectivity index (χ2v) is 5.76. The minimum atomic E-state index is -3.60. The summed E-state index contributed by atoms with van der Waals surface area (Å²) >= 11 is 0. The van der Waals surface area contributed by atoms with E-state index in [0.29, 0.717) is 16.9 Å². The molecule has 0 fully saturated rings. The standard InChI is InChI=1S/C13H12N2O3S/c1-10-7-13(5-4-11(10)8-14)19(16,17)15-9-12-3-2-6-18-12/h2-7,15H,9H2,1H3. The zero-order valence-electron chi connectivity index (χ0n) is 10.3. The van der Waals surface area contributed by atoms with Crippen LogP contribution in [-0.2, 0) is 16.6 Å². The Balaban J connectivity index is 2.20. The van der Waals surface area contributed by atoms with E-state index in [4.69, 9.17) is 9.68 Å². The maximum atomic E-state index is 12.0. The molecule has 1 aromatic carbocycles. The third-order valence-electron chi connectivity index (χ3n) is 2.65. The van der Waals surface area contributed by atoms with Gasteiger partial charge in [-0.2, -0.15) is 5.26 Å². The van der Waals surface area contributed by atoms with Gasteiger partial charge in [-0.15, -0.1) is 0 Å². The monoisotopic (exact) mass is 276 g/mol. The maximum absolute atomic E-state index is 12.0. The second kappa shape index (κ2) is 5.26. The summed E-state index contributed by atoms with van der Waals surface area (Å²) in [7, 11) is -3.60. The van der Waals surface area contributed by atoms with Crippen molar-refractivity contribution in [1.82, 2.24) is 4.72 Å². The van der Waals surface area contributed by atoms with Crippen LogP contribution < -0.4 is 4.72 Å². The van der Waals surface area contributed by atoms with E-state index in [1.807, 2.05) is 6.07 Å². The molecule has 1 aromatic heterocycles. The van der Waals surface area contributed by atoms with Crippen molar-refractivity contribution in [3.8, 4) is 6.07 Å². The van der Waals surface area contributed by atoms with Gasteiger partial charge in [0.05, 0.1) is 29.3 Å². The van der Waals surface area contributed by atoms with Gasteiger partial charge in [-0.05, 0) is 42.8 Å². The van der Waals surface area contributed by atoms with Gasteiger partial charge in [0.1, 0.15) is 5.76 Å². The number of nitrogens with zero attached hydrogens (tertiary/aromatic N) is 1. The number of nitriles is 1. The first-order valence-corrected chi connectivity index (χ1v) is 7.04. The predicted molar refractivity (Wildman–Crippen MR) is 68.6 cm³/mol. The van der Waals surface area contributed by atoms with Gasteiger partial charge in [-0.3, -0.25) is 0 Å². The molecular weight excluding hydrogens is 264 g/mol. The summed E-state index contributed by atoms with van der Waals surface area (Å²) in [5.74, 6) is 0.536. The molecule has 0 aliphatic heterocycles. The first-order chi connectivity index (χ1) is 9.03. The van der Waals surface area contributed by atoms with E-state index >= 15 is 0 Å². The zero-order chi connectivity index (χ0) is 13.9. The lowest BCUT2D eigenvalue weighted by Crippen LogP contribution is -2.23. The van der Waals surface area contributed by atoms with Crippen LogP contribution in [0.5, 0.6) is 0 Å². The quantitative estimate of drug-likeness (QED) is 0.925. The molecule has 0 aliphatic carbocycles. The van der Waals surface area contributed by atoms with Gasteiger partial charge >= 0.3 is 0 Å². The molecule has 0 atom stereocenters. The number of nitrogens with one attached hydrogen (secondary N) is 1. The Morgan fingerprint density at radius 1 is 1.37 bits per heavy atom. The lowest BCUT2D eigenvalue weighted by Gasteiger charge is -2.06. The highest BCUT2D eigenvalue weighted by Crippen LogP contribution is 2.15. The fourth-order valence-electron chi connectivity index (χ4n) is 1.59. The number of sulfonamides is 1. The second-order valence-electron chi connectivity index (χ2n) is 3.99. The van der Waals surface area contributed by atoms with E-state index in [9.17, 15) is 8.42 Å². The predicted octanol–water partition coefficient (Wildman–Crippen LogP) is 1.94. The van der Waals surface area contributed by atoms with Crippen LogP contribution in [0.2, 0.25) is 0 Å². The smallest absolute Gasteiger partial charge is 0.240 e. The number of hydrogen-bond acceptors (Lipinski definition) is 4. The SMILES string of the molecule is Cc1cc(S(=O)(=O)NCc2ccco2)ccc1C#N.